The highest BCUT2D eigenvalue weighted by molar-refractivity contribution is 7.08. The molecule has 0 amide bonds. The molecule has 0 saturated heterocycles. The van der Waals surface area contributed by atoms with E-state index in [0.717, 1.165) is 5.71 Å². The van der Waals surface area contributed by atoms with Crippen LogP contribution in [0.25, 0.3) is 0 Å². The van der Waals surface area contributed by atoms with Gasteiger partial charge >= 0.3 is 0 Å². The third-order valence-electron chi connectivity index (χ3n) is 3.17. The summed E-state index contributed by atoms with van der Waals surface area (Å²) in [6, 6.07) is 4.31. The zero-order valence-electron chi connectivity index (χ0n) is 10.8. The van der Waals surface area contributed by atoms with Gasteiger partial charge in [-0.1, -0.05) is 19.0 Å². The summed E-state index contributed by atoms with van der Waals surface area (Å²) in [4.78, 5) is 5.04. The van der Waals surface area contributed by atoms with Crippen molar-refractivity contribution in [3.63, 3.8) is 0 Å². The number of oxime groups is 1. The maximum atomic E-state index is 5.04. The molecule has 2 nitrogen and oxygen atoms in total. The lowest BCUT2D eigenvalue weighted by Gasteiger charge is -2.18. The summed E-state index contributed by atoms with van der Waals surface area (Å²) >= 11 is 3.44. The number of rotatable bonds is 5. The van der Waals surface area contributed by atoms with Crippen LogP contribution in [0.4, 0.5) is 0 Å². The second-order valence-electron chi connectivity index (χ2n) is 4.26. The molecule has 0 aliphatic heterocycles. The Balaban J connectivity index is 2.26. The van der Waals surface area contributed by atoms with E-state index in [1.807, 2.05) is 0 Å². The van der Waals surface area contributed by atoms with Crippen molar-refractivity contribution >= 4 is 28.4 Å². The van der Waals surface area contributed by atoms with Crippen LogP contribution in [0.1, 0.15) is 36.8 Å². The summed E-state index contributed by atoms with van der Waals surface area (Å²) in [7, 11) is 1.61. The van der Waals surface area contributed by atoms with Crippen molar-refractivity contribution in [3.8, 4) is 0 Å². The summed E-state index contributed by atoms with van der Waals surface area (Å²) < 4.78 is 0. The van der Waals surface area contributed by atoms with Crippen LogP contribution in [-0.4, -0.2) is 12.8 Å². The average Bonchev–Trinajstić information content (AvgIpc) is 3.04. The topological polar surface area (TPSA) is 21.6 Å². The first-order chi connectivity index (χ1) is 8.74. The van der Waals surface area contributed by atoms with Gasteiger partial charge in [-0.25, -0.2) is 0 Å². The van der Waals surface area contributed by atoms with Gasteiger partial charge in [0.2, 0.25) is 0 Å². The van der Waals surface area contributed by atoms with E-state index < -0.39 is 0 Å². The molecule has 0 aromatic carbocycles. The largest absolute Gasteiger partial charge is 0.399 e. The van der Waals surface area contributed by atoms with E-state index >= 15 is 0 Å². The van der Waals surface area contributed by atoms with Crippen LogP contribution in [0.2, 0.25) is 0 Å². The highest BCUT2D eigenvalue weighted by atomic mass is 32.1. The molecule has 2 heterocycles. The van der Waals surface area contributed by atoms with E-state index in [9.17, 15) is 0 Å². The molecule has 2 aromatic heterocycles. The molecule has 2 atom stereocenters. The number of nitrogens with zero attached hydrogens (tertiary/aromatic N) is 1. The maximum Gasteiger partial charge on any atom is 0.106 e. The molecule has 2 unspecified atom stereocenters. The first-order valence-electron chi connectivity index (χ1n) is 5.89. The molecule has 0 N–H and O–H groups in total. The predicted octanol–water partition coefficient (Wildman–Crippen LogP) is 4.72. The molecule has 18 heavy (non-hydrogen) atoms. The quantitative estimate of drug-likeness (QED) is 0.573. The third kappa shape index (κ3) is 2.82. The monoisotopic (exact) mass is 279 g/mol. The van der Waals surface area contributed by atoms with Gasteiger partial charge in [0.05, 0.1) is 5.71 Å². The van der Waals surface area contributed by atoms with Crippen LogP contribution in [-0.2, 0) is 4.84 Å². The second-order valence-corrected chi connectivity index (χ2v) is 5.82. The lowest BCUT2D eigenvalue weighted by molar-refractivity contribution is 0.211. The molecule has 4 heteroatoms. The lowest BCUT2D eigenvalue weighted by Crippen LogP contribution is -2.16. The highest BCUT2D eigenvalue weighted by Crippen LogP contribution is 2.29. The Bertz CT molecular complexity index is 446. The fraction of sp³-hybridized carbons (Fsp3) is 0.357. The molecular formula is C14H17NOS2. The third-order valence-corrected chi connectivity index (χ3v) is 4.57. The summed E-state index contributed by atoms with van der Waals surface area (Å²) in [5.74, 6) is 0.567. The Morgan fingerprint density at radius 3 is 1.89 bits per heavy atom. The summed E-state index contributed by atoms with van der Waals surface area (Å²) in [5.41, 5.74) is 3.69. The number of hydrogen-bond acceptors (Lipinski definition) is 4. The summed E-state index contributed by atoms with van der Waals surface area (Å²) in [6.45, 7) is 4.37. The summed E-state index contributed by atoms with van der Waals surface area (Å²) in [6.07, 6.45) is 0. The van der Waals surface area contributed by atoms with Crippen molar-refractivity contribution in [1.82, 2.24) is 0 Å². The molecule has 0 spiro atoms. The summed E-state index contributed by atoms with van der Waals surface area (Å²) in [5, 5.41) is 12.8. The molecule has 0 aliphatic carbocycles. The van der Waals surface area contributed by atoms with Gasteiger partial charge in [-0.15, -0.1) is 0 Å². The zero-order valence-corrected chi connectivity index (χ0v) is 12.4. The molecular weight excluding hydrogens is 262 g/mol. The van der Waals surface area contributed by atoms with Gasteiger partial charge in [0.25, 0.3) is 0 Å². The van der Waals surface area contributed by atoms with Crippen molar-refractivity contribution in [2.45, 2.75) is 25.7 Å². The zero-order chi connectivity index (χ0) is 13.0. The Morgan fingerprint density at radius 1 is 1.06 bits per heavy atom. The molecule has 2 rings (SSSR count). The number of thiophene rings is 2. The molecule has 0 saturated carbocycles. The SMILES string of the molecule is CON=C(C(C)c1ccsc1)C(C)c1ccsc1. The molecule has 0 bridgehead atoms. The molecule has 96 valence electrons. The fourth-order valence-corrected chi connectivity index (χ4v) is 3.53. The minimum Gasteiger partial charge on any atom is -0.399 e. The Kier molecular flexibility index (Phi) is 4.55. The van der Waals surface area contributed by atoms with Gasteiger partial charge in [0.15, 0.2) is 0 Å². The van der Waals surface area contributed by atoms with Gasteiger partial charge < -0.3 is 4.84 Å². The minimum absolute atomic E-state index is 0.283. The Labute approximate surface area is 116 Å². The predicted molar refractivity (Wildman–Crippen MR) is 79.9 cm³/mol. The molecule has 2 aromatic rings. The first kappa shape index (κ1) is 13.3. The molecule has 0 radical (unpaired) electrons. The van der Waals surface area contributed by atoms with E-state index in [0.29, 0.717) is 0 Å². The lowest BCUT2D eigenvalue weighted by atomic mass is 9.87. The second kappa shape index (κ2) is 6.16. The van der Waals surface area contributed by atoms with Gasteiger partial charge in [-0.3, -0.25) is 0 Å². The van der Waals surface area contributed by atoms with Crippen LogP contribution < -0.4 is 0 Å². The van der Waals surface area contributed by atoms with Crippen LogP contribution in [0.5, 0.6) is 0 Å². The minimum atomic E-state index is 0.283. The van der Waals surface area contributed by atoms with Crippen molar-refractivity contribution < 1.29 is 4.84 Å². The maximum absolute atomic E-state index is 5.04. The smallest absolute Gasteiger partial charge is 0.106 e. The normalized spacial score (nSPS) is 13.9. The van der Waals surface area contributed by atoms with E-state index in [1.54, 1.807) is 29.8 Å². The van der Waals surface area contributed by atoms with Crippen LogP contribution in [0.15, 0.2) is 38.8 Å². The standard InChI is InChI=1S/C14H17NOS2/c1-10(12-4-6-17-8-12)14(15-16-3)11(2)13-5-7-18-9-13/h4-11H,1-3H3. The number of hydrogen-bond donors (Lipinski definition) is 0. The van der Waals surface area contributed by atoms with Crippen molar-refractivity contribution in [2.24, 2.45) is 5.16 Å². The van der Waals surface area contributed by atoms with Gasteiger partial charge in [-0.2, -0.15) is 22.7 Å². The Hall–Kier alpha value is -1.13. The Morgan fingerprint density at radius 2 is 1.56 bits per heavy atom. The van der Waals surface area contributed by atoms with Crippen molar-refractivity contribution in [1.29, 1.82) is 0 Å². The van der Waals surface area contributed by atoms with Crippen LogP contribution in [0.3, 0.4) is 0 Å². The fourth-order valence-electron chi connectivity index (χ4n) is 2.02. The van der Waals surface area contributed by atoms with Crippen molar-refractivity contribution in [3.05, 3.63) is 44.8 Å². The van der Waals surface area contributed by atoms with Crippen LogP contribution in [0, 0.1) is 0 Å². The molecule has 0 fully saturated rings. The van der Waals surface area contributed by atoms with E-state index in [2.05, 4.69) is 52.7 Å². The average molecular weight is 279 g/mol. The van der Waals surface area contributed by atoms with Gasteiger partial charge in [-0.05, 0) is 44.8 Å². The van der Waals surface area contributed by atoms with Gasteiger partial charge in [0.1, 0.15) is 7.11 Å². The van der Waals surface area contributed by atoms with Crippen molar-refractivity contribution in [2.75, 3.05) is 7.11 Å². The van der Waals surface area contributed by atoms with E-state index in [-0.39, 0.29) is 11.8 Å². The highest BCUT2D eigenvalue weighted by Gasteiger charge is 2.22. The first-order valence-corrected chi connectivity index (χ1v) is 7.77. The molecule has 0 aliphatic rings. The van der Waals surface area contributed by atoms with E-state index in [1.165, 1.54) is 11.1 Å². The van der Waals surface area contributed by atoms with Gasteiger partial charge in [0, 0.05) is 11.8 Å². The van der Waals surface area contributed by atoms with Crippen LogP contribution >= 0.6 is 22.7 Å². The van der Waals surface area contributed by atoms with E-state index in [4.69, 9.17) is 4.84 Å².